The van der Waals surface area contributed by atoms with Crippen molar-refractivity contribution in [2.75, 3.05) is 76.8 Å². The molecule has 0 spiro atoms. The van der Waals surface area contributed by atoms with Crippen molar-refractivity contribution in [3.8, 4) is 11.5 Å². The highest BCUT2D eigenvalue weighted by Crippen LogP contribution is 2.30. The minimum absolute atomic E-state index is 0.0355. The highest BCUT2D eigenvalue weighted by atomic mass is 16.5. The van der Waals surface area contributed by atoms with Crippen LogP contribution >= 0.6 is 0 Å². The highest BCUT2D eigenvalue weighted by molar-refractivity contribution is 6.00. The summed E-state index contributed by atoms with van der Waals surface area (Å²) in [6.07, 6.45) is 1.84. The van der Waals surface area contributed by atoms with Crippen molar-refractivity contribution in [3.05, 3.63) is 83.4 Å². The molecule has 10 heteroatoms. The molecule has 44 heavy (non-hydrogen) atoms. The maximum absolute atomic E-state index is 13.5. The van der Waals surface area contributed by atoms with Crippen molar-refractivity contribution in [1.82, 2.24) is 15.1 Å². The zero-order valence-electron chi connectivity index (χ0n) is 25.5. The first-order chi connectivity index (χ1) is 21.4. The summed E-state index contributed by atoms with van der Waals surface area (Å²) in [7, 11) is 3.20. The number of benzene rings is 3. The Bertz CT molecular complexity index is 1450. The first-order valence-corrected chi connectivity index (χ1v) is 15.2. The van der Waals surface area contributed by atoms with Gasteiger partial charge in [-0.15, -0.1) is 0 Å². The van der Waals surface area contributed by atoms with Gasteiger partial charge in [0.15, 0.2) is 0 Å². The van der Waals surface area contributed by atoms with E-state index in [0.29, 0.717) is 61.8 Å². The fourth-order valence-electron chi connectivity index (χ4n) is 5.70. The lowest BCUT2D eigenvalue weighted by atomic mass is 10.1. The maximum Gasteiger partial charge on any atom is 0.254 e. The van der Waals surface area contributed by atoms with E-state index in [-0.39, 0.29) is 24.1 Å². The number of methoxy groups -OCH3 is 2. The number of rotatable bonds is 8. The monoisotopic (exact) mass is 599 g/mol. The van der Waals surface area contributed by atoms with Gasteiger partial charge in [-0.2, -0.15) is 0 Å². The lowest BCUT2D eigenvalue weighted by Crippen LogP contribution is -2.35. The Morgan fingerprint density at radius 3 is 2.23 bits per heavy atom. The van der Waals surface area contributed by atoms with Crippen molar-refractivity contribution in [1.29, 1.82) is 0 Å². The molecule has 2 saturated heterocycles. The molecule has 3 aromatic carbocycles. The molecule has 232 valence electrons. The van der Waals surface area contributed by atoms with Crippen LogP contribution in [0.25, 0.3) is 0 Å². The molecule has 2 N–H and O–H groups in total. The van der Waals surface area contributed by atoms with Gasteiger partial charge in [-0.25, -0.2) is 0 Å². The molecule has 0 atom stereocenters. The van der Waals surface area contributed by atoms with Crippen molar-refractivity contribution >= 4 is 29.1 Å². The van der Waals surface area contributed by atoms with Crippen LogP contribution in [0.2, 0.25) is 0 Å². The number of amides is 3. The summed E-state index contributed by atoms with van der Waals surface area (Å²) >= 11 is 0. The second-order valence-electron chi connectivity index (χ2n) is 11.1. The Labute approximate surface area is 258 Å². The number of nitrogens with zero attached hydrogens (tertiary/aromatic N) is 3. The van der Waals surface area contributed by atoms with Gasteiger partial charge >= 0.3 is 0 Å². The summed E-state index contributed by atoms with van der Waals surface area (Å²) in [5.74, 6) is 1.12. The summed E-state index contributed by atoms with van der Waals surface area (Å²) in [6, 6.07) is 20.2. The number of nitrogens with one attached hydrogen (secondary N) is 2. The summed E-state index contributed by atoms with van der Waals surface area (Å²) in [6.45, 7) is 5.41. The van der Waals surface area contributed by atoms with Gasteiger partial charge in [0.2, 0.25) is 5.91 Å². The average Bonchev–Trinajstić information content (AvgIpc) is 3.48. The zero-order chi connectivity index (χ0) is 30.9. The average molecular weight is 600 g/mol. The molecule has 0 aromatic heterocycles. The summed E-state index contributed by atoms with van der Waals surface area (Å²) in [4.78, 5) is 46.0. The molecule has 3 amide bonds. The number of carbonyl (C=O) groups excluding carboxylic acids is 3. The Morgan fingerprint density at radius 2 is 1.45 bits per heavy atom. The smallest absolute Gasteiger partial charge is 0.254 e. The number of anilines is 2. The summed E-state index contributed by atoms with van der Waals surface area (Å²) < 4.78 is 10.5. The molecule has 3 aromatic rings. The number of hydrogen-bond donors (Lipinski definition) is 2. The van der Waals surface area contributed by atoms with Crippen LogP contribution < -0.4 is 25.0 Å². The van der Waals surface area contributed by atoms with Crippen LogP contribution in [0, 0.1) is 0 Å². The van der Waals surface area contributed by atoms with Crippen molar-refractivity contribution in [2.45, 2.75) is 19.3 Å². The van der Waals surface area contributed by atoms with Crippen molar-refractivity contribution < 1.29 is 23.9 Å². The van der Waals surface area contributed by atoms with Gasteiger partial charge in [0, 0.05) is 56.9 Å². The Morgan fingerprint density at radius 1 is 0.727 bits per heavy atom. The first kappa shape index (κ1) is 30.9. The zero-order valence-corrected chi connectivity index (χ0v) is 25.5. The predicted octanol–water partition coefficient (Wildman–Crippen LogP) is 3.67. The standard InChI is InChI=1S/C34H41N5O5/c1-43-28-11-8-25(9-12-28)22-32(40)36-30-24-27(34(42)38-16-4-14-35-15-19-38)10-13-31(30)37-17-5-18-39(21-20-37)33(41)26-6-3-7-29(23-26)44-2/h3,6-13,23-24,35H,4-5,14-22H2,1-2H3,(H,36,40). The van der Waals surface area contributed by atoms with E-state index in [1.807, 2.05) is 58.3 Å². The van der Waals surface area contributed by atoms with Gasteiger partial charge in [0.1, 0.15) is 11.5 Å². The van der Waals surface area contributed by atoms with Gasteiger partial charge < -0.3 is 34.8 Å². The molecule has 2 fully saturated rings. The number of carbonyl (C=O) groups is 3. The van der Waals surface area contributed by atoms with Crippen LogP contribution in [0.5, 0.6) is 11.5 Å². The van der Waals surface area contributed by atoms with E-state index in [2.05, 4.69) is 15.5 Å². The normalized spacial score (nSPS) is 15.6. The van der Waals surface area contributed by atoms with Crippen LogP contribution in [0.1, 0.15) is 39.1 Å². The molecular weight excluding hydrogens is 558 g/mol. The third-order valence-corrected chi connectivity index (χ3v) is 8.11. The lowest BCUT2D eigenvalue weighted by molar-refractivity contribution is -0.115. The van der Waals surface area contributed by atoms with E-state index in [9.17, 15) is 14.4 Å². The Balaban J connectivity index is 1.36. The molecule has 0 unspecified atom stereocenters. The van der Waals surface area contributed by atoms with E-state index in [1.165, 1.54) is 0 Å². The minimum Gasteiger partial charge on any atom is -0.497 e. The minimum atomic E-state index is -0.176. The van der Waals surface area contributed by atoms with E-state index in [4.69, 9.17) is 9.47 Å². The third kappa shape index (κ3) is 7.68. The first-order valence-electron chi connectivity index (χ1n) is 15.2. The Kier molecular flexibility index (Phi) is 10.3. The maximum atomic E-state index is 13.5. The van der Waals surface area contributed by atoms with Crippen LogP contribution in [0.3, 0.4) is 0 Å². The van der Waals surface area contributed by atoms with E-state index < -0.39 is 0 Å². The summed E-state index contributed by atoms with van der Waals surface area (Å²) in [5.41, 5.74) is 3.42. The molecule has 0 bridgehead atoms. The van der Waals surface area contributed by atoms with Crippen LogP contribution in [0.4, 0.5) is 11.4 Å². The largest absolute Gasteiger partial charge is 0.497 e. The molecule has 2 aliphatic rings. The second kappa shape index (κ2) is 14.7. The van der Waals surface area contributed by atoms with Crippen molar-refractivity contribution in [3.63, 3.8) is 0 Å². The molecule has 0 radical (unpaired) electrons. The summed E-state index contributed by atoms with van der Waals surface area (Å²) in [5, 5.41) is 6.44. The van der Waals surface area contributed by atoms with E-state index in [0.717, 1.165) is 42.9 Å². The quantitative estimate of drug-likeness (QED) is 0.407. The lowest BCUT2D eigenvalue weighted by Gasteiger charge is -2.27. The van der Waals surface area contributed by atoms with Gasteiger partial charge in [-0.1, -0.05) is 18.2 Å². The van der Waals surface area contributed by atoms with Gasteiger partial charge in [-0.05, 0) is 73.5 Å². The van der Waals surface area contributed by atoms with Crippen LogP contribution in [0.15, 0.2) is 66.7 Å². The van der Waals surface area contributed by atoms with E-state index >= 15 is 0 Å². The number of ether oxygens (including phenoxy) is 2. The van der Waals surface area contributed by atoms with Gasteiger partial charge in [-0.3, -0.25) is 14.4 Å². The van der Waals surface area contributed by atoms with Gasteiger partial charge in [0.05, 0.1) is 32.0 Å². The fourth-order valence-corrected chi connectivity index (χ4v) is 5.70. The SMILES string of the molecule is COc1ccc(CC(=O)Nc2cc(C(=O)N3CCCNCC3)ccc2N2CCCN(C(=O)c3cccc(OC)c3)CC2)cc1. The van der Waals surface area contributed by atoms with E-state index in [1.54, 1.807) is 32.4 Å². The molecular formula is C34H41N5O5. The fraction of sp³-hybridized carbons (Fsp3) is 0.382. The van der Waals surface area contributed by atoms with Gasteiger partial charge in [0.25, 0.3) is 11.8 Å². The van der Waals surface area contributed by atoms with Crippen LogP contribution in [-0.2, 0) is 11.2 Å². The molecule has 2 aliphatic heterocycles. The molecule has 2 heterocycles. The Hall–Kier alpha value is -4.57. The predicted molar refractivity (Wildman–Crippen MR) is 171 cm³/mol. The molecule has 10 nitrogen and oxygen atoms in total. The molecule has 0 saturated carbocycles. The van der Waals surface area contributed by atoms with Crippen LogP contribution in [-0.4, -0.2) is 94.1 Å². The topological polar surface area (TPSA) is 103 Å². The molecule has 5 rings (SSSR count). The van der Waals surface area contributed by atoms with Crippen molar-refractivity contribution in [2.24, 2.45) is 0 Å². The highest BCUT2D eigenvalue weighted by Gasteiger charge is 2.24. The molecule has 0 aliphatic carbocycles. The third-order valence-electron chi connectivity index (χ3n) is 8.11. The number of hydrogen-bond acceptors (Lipinski definition) is 7. The second-order valence-corrected chi connectivity index (χ2v) is 11.1.